The Labute approximate surface area is 142 Å². The molecule has 0 fully saturated rings. The predicted molar refractivity (Wildman–Crippen MR) is 98.0 cm³/mol. The summed E-state index contributed by atoms with van der Waals surface area (Å²) in [6, 6.07) is 24.5. The smallest absolute Gasteiger partial charge is 0.338 e. The second kappa shape index (κ2) is 7.14. The van der Waals surface area contributed by atoms with Crippen molar-refractivity contribution in [3.8, 4) is 22.3 Å². The van der Waals surface area contributed by atoms with Crippen LogP contribution >= 0.6 is 0 Å². The zero-order valence-corrected chi connectivity index (χ0v) is 14.0. The van der Waals surface area contributed by atoms with E-state index in [1.165, 1.54) is 16.7 Å². The highest BCUT2D eigenvalue weighted by Gasteiger charge is 2.06. The molecule has 3 aromatic rings. The summed E-state index contributed by atoms with van der Waals surface area (Å²) < 4.78 is 5.01. The van der Waals surface area contributed by atoms with Gasteiger partial charge in [-0.3, -0.25) is 0 Å². The lowest BCUT2D eigenvalue weighted by molar-refractivity contribution is 0.0526. The molecule has 0 bridgehead atoms. The van der Waals surface area contributed by atoms with Gasteiger partial charge in [-0.2, -0.15) is 0 Å². The monoisotopic (exact) mass is 316 g/mol. The Morgan fingerprint density at radius 1 is 0.708 bits per heavy atom. The first-order valence-corrected chi connectivity index (χ1v) is 8.12. The average Bonchev–Trinajstić information content (AvgIpc) is 2.63. The second-order valence-corrected chi connectivity index (χ2v) is 5.74. The van der Waals surface area contributed by atoms with Gasteiger partial charge in [0.15, 0.2) is 0 Å². The van der Waals surface area contributed by atoms with Crippen LogP contribution in [0.5, 0.6) is 0 Å². The first-order valence-electron chi connectivity index (χ1n) is 8.12. The number of hydrogen-bond acceptors (Lipinski definition) is 2. The van der Waals surface area contributed by atoms with Gasteiger partial charge in [-0.25, -0.2) is 4.79 Å². The highest BCUT2D eigenvalue weighted by molar-refractivity contribution is 5.90. The molecule has 0 aromatic heterocycles. The van der Waals surface area contributed by atoms with Crippen molar-refractivity contribution in [1.82, 2.24) is 0 Å². The minimum Gasteiger partial charge on any atom is -0.462 e. The summed E-state index contributed by atoms with van der Waals surface area (Å²) in [7, 11) is 0. The molecule has 0 saturated carbocycles. The van der Waals surface area contributed by atoms with Crippen LogP contribution in [0.25, 0.3) is 22.3 Å². The summed E-state index contributed by atoms with van der Waals surface area (Å²) in [5.74, 6) is -0.279. The maximum Gasteiger partial charge on any atom is 0.338 e. The lowest BCUT2D eigenvalue weighted by Gasteiger charge is -2.07. The molecule has 0 aliphatic carbocycles. The van der Waals surface area contributed by atoms with Gasteiger partial charge in [-0.15, -0.1) is 0 Å². The quantitative estimate of drug-likeness (QED) is 0.594. The van der Waals surface area contributed by atoms with Crippen molar-refractivity contribution in [1.29, 1.82) is 0 Å². The van der Waals surface area contributed by atoms with Gasteiger partial charge in [0.2, 0.25) is 0 Å². The molecule has 0 atom stereocenters. The van der Waals surface area contributed by atoms with Gasteiger partial charge < -0.3 is 4.74 Å². The molecule has 0 amide bonds. The zero-order chi connectivity index (χ0) is 16.9. The highest BCUT2D eigenvalue weighted by atomic mass is 16.5. The molecule has 3 rings (SSSR count). The van der Waals surface area contributed by atoms with Crippen molar-refractivity contribution < 1.29 is 9.53 Å². The van der Waals surface area contributed by atoms with Crippen LogP contribution in [0.4, 0.5) is 0 Å². The molecule has 2 heteroatoms. The number of rotatable bonds is 4. The van der Waals surface area contributed by atoms with Gasteiger partial charge in [0.1, 0.15) is 0 Å². The molecule has 24 heavy (non-hydrogen) atoms. The summed E-state index contributed by atoms with van der Waals surface area (Å²) in [5.41, 5.74) is 6.46. The predicted octanol–water partition coefficient (Wildman–Crippen LogP) is 5.51. The van der Waals surface area contributed by atoms with E-state index in [1.807, 2.05) is 19.1 Å². The molecular weight excluding hydrogens is 296 g/mol. The second-order valence-electron chi connectivity index (χ2n) is 5.74. The van der Waals surface area contributed by atoms with Crippen LogP contribution in [0.3, 0.4) is 0 Å². The number of carbonyl (C=O) groups excluding carboxylic acids is 1. The molecule has 0 aliphatic heterocycles. The van der Waals surface area contributed by atoms with Crippen LogP contribution in [-0.4, -0.2) is 12.6 Å². The van der Waals surface area contributed by atoms with E-state index >= 15 is 0 Å². The summed E-state index contributed by atoms with van der Waals surface area (Å²) in [5, 5.41) is 0. The topological polar surface area (TPSA) is 26.3 Å². The Kier molecular flexibility index (Phi) is 4.76. The summed E-state index contributed by atoms with van der Waals surface area (Å²) in [4.78, 5) is 11.7. The van der Waals surface area contributed by atoms with Crippen LogP contribution in [0.2, 0.25) is 0 Å². The van der Waals surface area contributed by atoms with E-state index in [-0.39, 0.29) is 5.97 Å². The fourth-order valence-electron chi connectivity index (χ4n) is 2.61. The Hall–Kier alpha value is -2.87. The minimum atomic E-state index is -0.279. The zero-order valence-electron chi connectivity index (χ0n) is 14.0. The first kappa shape index (κ1) is 16.0. The third-order valence-corrected chi connectivity index (χ3v) is 4.00. The number of esters is 1. The van der Waals surface area contributed by atoms with Crippen molar-refractivity contribution in [2.75, 3.05) is 6.61 Å². The van der Waals surface area contributed by atoms with E-state index in [4.69, 9.17) is 4.74 Å². The number of aryl methyl sites for hydroxylation is 1. The molecule has 0 radical (unpaired) electrons. The fourth-order valence-corrected chi connectivity index (χ4v) is 2.61. The van der Waals surface area contributed by atoms with E-state index in [2.05, 4.69) is 55.5 Å². The molecule has 3 aromatic carbocycles. The maximum atomic E-state index is 11.7. The molecule has 0 unspecified atom stereocenters. The summed E-state index contributed by atoms with van der Waals surface area (Å²) in [6.07, 6.45) is 0. The van der Waals surface area contributed by atoms with Gasteiger partial charge in [-0.05, 0) is 48.2 Å². The molecule has 0 heterocycles. The van der Waals surface area contributed by atoms with E-state index in [0.29, 0.717) is 12.2 Å². The molecule has 120 valence electrons. The molecule has 0 aliphatic rings. The van der Waals surface area contributed by atoms with E-state index in [0.717, 1.165) is 11.1 Å². The van der Waals surface area contributed by atoms with Crippen molar-refractivity contribution >= 4 is 5.97 Å². The van der Waals surface area contributed by atoms with Gasteiger partial charge in [0, 0.05) is 0 Å². The Balaban J connectivity index is 1.80. The average molecular weight is 316 g/mol. The molecular formula is C22H20O2. The van der Waals surface area contributed by atoms with Gasteiger partial charge in [0.05, 0.1) is 12.2 Å². The highest BCUT2D eigenvalue weighted by Crippen LogP contribution is 2.25. The van der Waals surface area contributed by atoms with E-state index in [1.54, 1.807) is 12.1 Å². The Morgan fingerprint density at radius 3 is 1.50 bits per heavy atom. The van der Waals surface area contributed by atoms with Gasteiger partial charge in [-0.1, -0.05) is 66.2 Å². The molecule has 0 spiro atoms. The normalized spacial score (nSPS) is 10.4. The summed E-state index contributed by atoms with van der Waals surface area (Å²) in [6.45, 7) is 4.29. The lowest BCUT2D eigenvalue weighted by Crippen LogP contribution is -2.03. The van der Waals surface area contributed by atoms with Gasteiger partial charge >= 0.3 is 5.97 Å². The Morgan fingerprint density at radius 2 is 1.08 bits per heavy atom. The van der Waals surface area contributed by atoms with E-state index in [9.17, 15) is 4.79 Å². The SMILES string of the molecule is CCOC(=O)c1ccc(-c2ccc(-c3ccc(C)cc3)cc2)cc1. The third-order valence-electron chi connectivity index (χ3n) is 4.00. The fraction of sp³-hybridized carbons (Fsp3) is 0.136. The standard InChI is InChI=1S/C22H20O2/c1-3-24-22(23)21-14-12-20(13-15-21)19-10-8-18(9-11-19)17-6-4-16(2)5-7-17/h4-15H,3H2,1-2H3. The molecule has 0 saturated heterocycles. The van der Waals surface area contributed by atoms with E-state index < -0.39 is 0 Å². The van der Waals surface area contributed by atoms with Crippen LogP contribution < -0.4 is 0 Å². The largest absolute Gasteiger partial charge is 0.462 e. The number of carbonyl (C=O) groups is 1. The van der Waals surface area contributed by atoms with Crippen molar-refractivity contribution in [2.24, 2.45) is 0 Å². The van der Waals surface area contributed by atoms with Crippen molar-refractivity contribution in [3.05, 3.63) is 83.9 Å². The minimum absolute atomic E-state index is 0.279. The maximum absolute atomic E-state index is 11.7. The number of benzene rings is 3. The van der Waals surface area contributed by atoms with Crippen LogP contribution in [0.15, 0.2) is 72.8 Å². The van der Waals surface area contributed by atoms with Crippen molar-refractivity contribution in [3.63, 3.8) is 0 Å². The Bertz CT molecular complexity index is 813. The lowest BCUT2D eigenvalue weighted by atomic mass is 9.99. The summed E-state index contributed by atoms with van der Waals surface area (Å²) >= 11 is 0. The van der Waals surface area contributed by atoms with Gasteiger partial charge in [0.25, 0.3) is 0 Å². The van der Waals surface area contributed by atoms with Crippen LogP contribution in [0.1, 0.15) is 22.8 Å². The van der Waals surface area contributed by atoms with Crippen molar-refractivity contribution in [2.45, 2.75) is 13.8 Å². The molecule has 2 nitrogen and oxygen atoms in total. The number of ether oxygens (including phenoxy) is 1. The first-order chi connectivity index (χ1) is 11.7. The number of hydrogen-bond donors (Lipinski definition) is 0. The molecule has 0 N–H and O–H groups in total. The van der Waals surface area contributed by atoms with Crippen LogP contribution in [0, 0.1) is 6.92 Å². The van der Waals surface area contributed by atoms with Crippen LogP contribution in [-0.2, 0) is 4.74 Å². The third kappa shape index (κ3) is 3.54.